The minimum Gasteiger partial charge on any atom is -0.381 e. The van der Waals surface area contributed by atoms with Gasteiger partial charge in [0.05, 0.1) is 17.4 Å². The highest BCUT2D eigenvalue weighted by Gasteiger charge is 2.37. The summed E-state index contributed by atoms with van der Waals surface area (Å²) in [5.41, 5.74) is 1.04. The van der Waals surface area contributed by atoms with E-state index in [1.54, 1.807) is 0 Å². The van der Waals surface area contributed by atoms with E-state index >= 15 is 0 Å². The number of rotatable bonds is 4. The van der Waals surface area contributed by atoms with Gasteiger partial charge in [-0.1, -0.05) is 28.1 Å². The van der Waals surface area contributed by atoms with Crippen LogP contribution in [0, 0.1) is 5.92 Å². The lowest BCUT2D eigenvalue weighted by Crippen LogP contribution is -2.46. The molecule has 0 spiro atoms. The Morgan fingerprint density at radius 2 is 1.92 bits per heavy atom. The molecule has 0 aliphatic carbocycles. The van der Waals surface area contributed by atoms with E-state index in [0.29, 0.717) is 26.2 Å². The molecule has 0 aromatic heterocycles. The third-order valence-corrected chi connectivity index (χ3v) is 7.41. The number of halogens is 1. The summed E-state index contributed by atoms with van der Waals surface area (Å²) in [6.45, 7) is 1.86. The lowest BCUT2D eigenvalue weighted by atomic mass is 9.74. The highest BCUT2D eigenvalue weighted by Crippen LogP contribution is 2.35. The summed E-state index contributed by atoms with van der Waals surface area (Å²) in [5, 5.41) is 3.02. The standard InChI is InChI=1S/C17H22BrNO4S/c18-15-3-1-14(2-4-15)17(6-8-23-9-7-17)12-19-16(20)13-5-10-24(21,22)11-13/h1-4,13H,5-12H2,(H,19,20). The van der Waals surface area contributed by atoms with E-state index in [1.165, 1.54) is 5.56 Å². The van der Waals surface area contributed by atoms with Crippen LogP contribution < -0.4 is 5.32 Å². The first kappa shape index (κ1) is 17.9. The summed E-state index contributed by atoms with van der Waals surface area (Å²) < 4.78 is 29.7. The van der Waals surface area contributed by atoms with Gasteiger partial charge in [0.25, 0.3) is 0 Å². The third-order valence-electron chi connectivity index (χ3n) is 5.11. The average molecular weight is 416 g/mol. The molecule has 2 aliphatic rings. The normalized spacial score (nSPS) is 25.3. The quantitative estimate of drug-likeness (QED) is 0.816. The number of sulfone groups is 1. The van der Waals surface area contributed by atoms with Gasteiger partial charge in [-0.25, -0.2) is 8.42 Å². The van der Waals surface area contributed by atoms with Gasteiger partial charge in [0.2, 0.25) is 5.91 Å². The molecule has 24 heavy (non-hydrogen) atoms. The number of carbonyl (C=O) groups excluding carboxylic acids is 1. The van der Waals surface area contributed by atoms with E-state index < -0.39 is 15.8 Å². The van der Waals surface area contributed by atoms with E-state index in [9.17, 15) is 13.2 Å². The monoisotopic (exact) mass is 415 g/mol. The van der Waals surface area contributed by atoms with Gasteiger partial charge < -0.3 is 10.1 Å². The molecule has 1 N–H and O–H groups in total. The van der Waals surface area contributed by atoms with Gasteiger partial charge in [0, 0.05) is 29.6 Å². The second-order valence-electron chi connectivity index (χ2n) is 6.72. The van der Waals surface area contributed by atoms with Crippen molar-refractivity contribution in [3.8, 4) is 0 Å². The van der Waals surface area contributed by atoms with Crippen molar-refractivity contribution in [3.63, 3.8) is 0 Å². The fraction of sp³-hybridized carbons (Fsp3) is 0.588. The number of amides is 1. The van der Waals surface area contributed by atoms with Crippen LogP contribution in [0.4, 0.5) is 0 Å². The van der Waals surface area contributed by atoms with E-state index in [2.05, 4.69) is 33.4 Å². The molecule has 1 aromatic carbocycles. The maximum atomic E-state index is 12.4. The van der Waals surface area contributed by atoms with Crippen molar-refractivity contribution in [2.45, 2.75) is 24.7 Å². The van der Waals surface area contributed by atoms with E-state index in [-0.39, 0.29) is 22.8 Å². The van der Waals surface area contributed by atoms with E-state index in [1.807, 2.05) is 12.1 Å². The van der Waals surface area contributed by atoms with Crippen LogP contribution in [0.5, 0.6) is 0 Å². The van der Waals surface area contributed by atoms with Crippen LogP contribution in [-0.2, 0) is 24.8 Å². The van der Waals surface area contributed by atoms with Crippen molar-refractivity contribution >= 4 is 31.7 Å². The molecular formula is C17H22BrNO4S. The maximum absolute atomic E-state index is 12.4. The van der Waals surface area contributed by atoms with Crippen LogP contribution in [0.15, 0.2) is 28.7 Å². The summed E-state index contributed by atoms with van der Waals surface area (Å²) in [4.78, 5) is 12.4. The van der Waals surface area contributed by atoms with Crippen molar-refractivity contribution in [1.82, 2.24) is 5.32 Å². The van der Waals surface area contributed by atoms with Crippen molar-refractivity contribution in [1.29, 1.82) is 0 Å². The smallest absolute Gasteiger partial charge is 0.224 e. The molecule has 0 bridgehead atoms. The molecule has 1 amide bonds. The Kier molecular flexibility index (Phi) is 5.32. The minimum absolute atomic E-state index is 0.0206. The minimum atomic E-state index is -3.04. The Bertz CT molecular complexity index is 696. The maximum Gasteiger partial charge on any atom is 0.224 e. The SMILES string of the molecule is O=C(NCC1(c2ccc(Br)cc2)CCOCC1)C1CCS(=O)(=O)C1. The van der Waals surface area contributed by atoms with Gasteiger partial charge in [0.15, 0.2) is 9.84 Å². The molecule has 2 saturated heterocycles. The van der Waals surface area contributed by atoms with Crippen molar-refractivity contribution in [2.75, 3.05) is 31.3 Å². The highest BCUT2D eigenvalue weighted by atomic mass is 79.9. The van der Waals surface area contributed by atoms with Crippen LogP contribution in [-0.4, -0.2) is 45.6 Å². The Balaban J connectivity index is 1.71. The fourth-order valence-corrected chi connectivity index (χ4v) is 5.54. The Morgan fingerprint density at radius 3 is 2.50 bits per heavy atom. The average Bonchev–Trinajstić information content (AvgIpc) is 2.94. The molecule has 2 heterocycles. The number of ether oxygens (including phenoxy) is 1. The van der Waals surface area contributed by atoms with Crippen molar-refractivity contribution in [2.24, 2.45) is 5.92 Å². The number of hydrogen-bond acceptors (Lipinski definition) is 4. The molecule has 5 nitrogen and oxygen atoms in total. The van der Waals surface area contributed by atoms with Gasteiger partial charge in [-0.15, -0.1) is 0 Å². The fourth-order valence-electron chi connectivity index (χ4n) is 3.54. The third kappa shape index (κ3) is 4.00. The zero-order valence-corrected chi connectivity index (χ0v) is 15.9. The van der Waals surface area contributed by atoms with Gasteiger partial charge in [-0.05, 0) is 37.0 Å². The zero-order valence-electron chi connectivity index (χ0n) is 13.5. The molecule has 2 fully saturated rings. The lowest BCUT2D eigenvalue weighted by Gasteiger charge is -2.38. The number of hydrogen-bond donors (Lipinski definition) is 1. The summed E-state index contributed by atoms with van der Waals surface area (Å²) in [6.07, 6.45) is 2.12. The van der Waals surface area contributed by atoms with Gasteiger partial charge in [-0.2, -0.15) is 0 Å². The van der Waals surface area contributed by atoms with Crippen LogP contribution in [0.1, 0.15) is 24.8 Å². The molecule has 0 saturated carbocycles. The first-order chi connectivity index (χ1) is 11.4. The predicted molar refractivity (Wildman–Crippen MR) is 95.6 cm³/mol. The number of benzene rings is 1. The highest BCUT2D eigenvalue weighted by molar-refractivity contribution is 9.10. The summed E-state index contributed by atoms with van der Waals surface area (Å²) in [7, 11) is -3.04. The zero-order chi connectivity index (χ0) is 17.2. The molecule has 1 atom stereocenters. The first-order valence-corrected chi connectivity index (χ1v) is 10.8. The summed E-state index contributed by atoms with van der Waals surface area (Å²) in [5.74, 6) is -0.444. The van der Waals surface area contributed by atoms with E-state index in [0.717, 1.165) is 17.3 Å². The van der Waals surface area contributed by atoms with Crippen LogP contribution in [0.25, 0.3) is 0 Å². The van der Waals surface area contributed by atoms with Gasteiger partial charge in [-0.3, -0.25) is 4.79 Å². The van der Waals surface area contributed by atoms with Crippen molar-refractivity contribution in [3.05, 3.63) is 34.3 Å². The Labute approximate surface area is 151 Å². The van der Waals surface area contributed by atoms with Gasteiger partial charge in [0.1, 0.15) is 0 Å². The van der Waals surface area contributed by atoms with E-state index in [4.69, 9.17) is 4.74 Å². The second-order valence-corrected chi connectivity index (χ2v) is 9.86. The number of carbonyl (C=O) groups is 1. The molecule has 2 aliphatic heterocycles. The topological polar surface area (TPSA) is 72.5 Å². The second kappa shape index (κ2) is 7.14. The molecular weight excluding hydrogens is 394 g/mol. The summed E-state index contributed by atoms with van der Waals surface area (Å²) >= 11 is 3.45. The first-order valence-electron chi connectivity index (χ1n) is 8.22. The molecule has 132 valence electrons. The molecule has 1 aromatic rings. The summed E-state index contributed by atoms with van der Waals surface area (Å²) in [6, 6.07) is 8.19. The van der Waals surface area contributed by atoms with Crippen LogP contribution in [0.2, 0.25) is 0 Å². The molecule has 3 rings (SSSR count). The van der Waals surface area contributed by atoms with Crippen molar-refractivity contribution < 1.29 is 17.9 Å². The van der Waals surface area contributed by atoms with Crippen LogP contribution in [0.3, 0.4) is 0 Å². The number of nitrogens with one attached hydrogen (secondary N) is 1. The molecule has 0 radical (unpaired) electrons. The van der Waals surface area contributed by atoms with Gasteiger partial charge >= 0.3 is 0 Å². The molecule has 7 heteroatoms. The predicted octanol–water partition coefficient (Wildman–Crippen LogP) is 2.05. The largest absolute Gasteiger partial charge is 0.381 e. The molecule has 1 unspecified atom stereocenters. The Hall–Kier alpha value is -0.920. The van der Waals surface area contributed by atoms with Crippen LogP contribution >= 0.6 is 15.9 Å². The Morgan fingerprint density at radius 1 is 1.25 bits per heavy atom. The lowest BCUT2D eigenvalue weighted by molar-refractivity contribution is -0.124.